The number of rotatable bonds is 9. The van der Waals surface area contributed by atoms with Gasteiger partial charge in [-0.05, 0) is 55.4 Å². The number of anilines is 1. The van der Waals surface area contributed by atoms with Crippen molar-refractivity contribution in [1.82, 2.24) is 10.6 Å². The second kappa shape index (κ2) is 10.3. The van der Waals surface area contributed by atoms with E-state index in [1.807, 2.05) is 42.5 Å². The van der Waals surface area contributed by atoms with Crippen molar-refractivity contribution in [2.45, 2.75) is 45.2 Å². The molecular formula is C25H32N4O2. The quantitative estimate of drug-likeness (QED) is 0.422. The molecule has 2 aromatic rings. The Morgan fingerprint density at radius 3 is 2.58 bits per heavy atom. The molecule has 0 aromatic heterocycles. The average Bonchev–Trinajstić information content (AvgIpc) is 3.56. The Bertz CT molecular complexity index is 919. The van der Waals surface area contributed by atoms with Crippen LogP contribution in [0.3, 0.4) is 0 Å². The summed E-state index contributed by atoms with van der Waals surface area (Å²) < 4.78 is 6.00. The molecule has 2 saturated carbocycles. The molecule has 164 valence electrons. The molecule has 0 saturated heterocycles. The minimum atomic E-state index is 0.136. The third-order valence-electron chi connectivity index (χ3n) is 5.94. The van der Waals surface area contributed by atoms with E-state index in [1.54, 1.807) is 7.05 Å². The fourth-order valence-electron chi connectivity index (χ4n) is 3.54. The highest BCUT2D eigenvalue weighted by Gasteiger charge is 2.25. The van der Waals surface area contributed by atoms with Crippen molar-refractivity contribution < 1.29 is 9.53 Å². The van der Waals surface area contributed by atoms with Gasteiger partial charge in [-0.3, -0.25) is 9.79 Å². The van der Waals surface area contributed by atoms with Crippen LogP contribution in [-0.2, 0) is 17.9 Å². The van der Waals surface area contributed by atoms with E-state index in [4.69, 9.17) is 4.74 Å². The Balaban J connectivity index is 1.27. The molecule has 2 fully saturated rings. The second-order valence-corrected chi connectivity index (χ2v) is 8.46. The van der Waals surface area contributed by atoms with Crippen LogP contribution in [0.4, 0.5) is 5.69 Å². The van der Waals surface area contributed by atoms with Crippen molar-refractivity contribution in [3.63, 3.8) is 0 Å². The molecule has 6 heteroatoms. The third-order valence-corrected chi connectivity index (χ3v) is 5.94. The van der Waals surface area contributed by atoms with E-state index in [1.165, 1.54) is 12.8 Å². The number of aliphatic imine (C=N–C) groups is 1. The van der Waals surface area contributed by atoms with Gasteiger partial charge in [0, 0.05) is 37.3 Å². The van der Waals surface area contributed by atoms with E-state index in [9.17, 15) is 4.79 Å². The summed E-state index contributed by atoms with van der Waals surface area (Å²) in [7, 11) is 1.76. The lowest BCUT2D eigenvalue weighted by Gasteiger charge is -2.24. The van der Waals surface area contributed by atoms with Crippen LogP contribution in [0.15, 0.2) is 53.5 Å². The molecule has 2 aliphatic rings. The molecule has 4 rings (SSSR count). The first kappa shape index (κ1) is 21.2. The molecule has 0 spiro atoms. The van der Waals surface area contributed by atoms with Gasteiger partial charge in [0.25, 0.3) is 0 Å². The lowest BCUT2D eigenvalue weighted by Crippen LogP contribution is -2.36. The van der Waals surface area contributed by atoms with Crippen LogP contribution in [0.2, 0.25) is 0 Å². The molecule has 1 amide bonds. The molecule has 2 aromatic carbocycles. The summed E-state index contributed by atoms with van der Waals surface area (Å²) in [5, 5.41) is 9.75. The molecule has 2 aliphatic carbocycles. The maximum Gasteiger partial charge on any atom is 0.227 e. The van der Waals surface area contributed by atoms with E-state index in [2.05, 4.69) is 27.0 Å². The molecule has 3 N–H and O–H groups in total. The van der Waals surface area contributed by atoms with Crippen LogP contribution < -0.4 is 20.7 Å². The number of nitrogens with zero attached hydrogens (tertiary/aromatic N) is 1. The first-order valence-corrected chi connectivity index (χ1v) is 11.3. The Kier molecular flexibility index (Phi) is 7.07. The minimum absolute atomic E-state index is 0.136. The summed E-state index contributed by atoms with van der Waals surface area (Å²) in [4.78, 5) is 16.5. The topological polar surface area (TPSA) is 74.8 Å². The lowest BCUT2D eigenvalue weighted by molar-refractivity contribution is -0.122. The largest absolute Gasteiger partial charge is 0.493 e. The van der Waals surface area contributed by atoms with Crippen molar-refractivity contribution in [3.05, 3.63) is 59.7 Å². The Morgan fingerprint density at radius 1 is 1.03 bits per heavy atom. The van der Waals surface area contributed by atoms with Gasteiger partial charge in [-0.2, -0.15) is 0 Å². The number of benzene rings is 2. The van der Waals surface area contributed by atoms with Gasteiger partial charge in [0.1, 0.15) is 5.75 Å². The van der Waals surface area contributed by atoms with Gasteiger partial charge >= 0.3 is 0 Å². The highest BCUT2D eigenvalue weighted by atomic mass is 16.5. The molecule has 0 bridgehead atoms. The monoisotopic (exact) mass is 420 g/mol. The van der Waals surface area contributed by atoms with E-state index < -0.39 is 0 Å². The van der Waals surface area contributed by atoms with E-state index >= 15 is 0 Å². The number of guanidine groups is 1. The van der Waals surface area contributed by atoms with Gasteiger partial charge in [0.15, 0.2) is 5.96 Å². The SMILES string of the molecule is CN=C(NCc1cccc(NC(=O)C2CCC2)c1)NCc1ccccc1OCC1CC1. The van der Waals surface area contributed by atoms with Gasteiger partial charge in [0.2, 0.25) is 5.91 Å². The zero-order valence-electron chi connectivity index (χ0n) is 18.2. The second-order valence-electron chi connectivity index (χ2n) is 8.46. The average molecular weight is 421 g/mol. The zero-order valence-corrected chi connectivity index (χ0v) is 18.2. The van der Waals surface area contributed by atoms with Crippen molar-refractivity contribution in [3.8, 4) is 5.75 Å². The smallest absolute Gasteiger partial charge is 0.227 e. The Morgan fingerprint density at radius 2 is 1.84 bits per heavy atom. The van der Waals surface area contributed by atoms with Crippen molar-refractivity contribution in [1.29, 1.82) is 0 Å². The van der Waals surface area contributed by atoms with Crippen LogP contribution in [0, 0.1) is 11.8 Å². The predicted molar refractivity (Wildman–Crippen MR) is 124 cm³/mol. The maximum atomic E-state index is 12.2. The molecule has 0 atom stereocenters. The van der Waals surface area contributed by atoms with Crippen LogP contribution in [0.1, 0.15) is 43.2 Å². The molecule has 6 nitrogen and oxygen atoms in total. The van der Waals surface area contributed by atoms with Gasteiger partial charge in [-0.1, -0.05) is 36.8 Å². The van der Waals surface area contributed by atoms with Gasteiger partial charge in [-0.25, -0.2) is 0 Å². The number of hydrogen-bond donors (Lipinski definition) is 3. The summed E-state index contributed by atoms with van der Waals surface area (Å²) in [5.41, 5.74) is 3.05. The molecule has 0 radical (unpaired) electrons. The Labute approximate surface area is 184 Å². The summed E-state index contributed by atoms with van der Waals surface area (Å²) >= 11 is 0. The standard InChI is InChI=1S/C25H32N4O2/c1-26-25(28-16-21-7-2-3-11-23(21)31-17-18-12-13-18)27-15-19-6-4-10-22(14-19)29-24(30)20-8-5-9-20/h2-4,6-7,10-11,14,18,20H,5,8-9,12-13,15-17H2,1H3,(H,29,30)(H2,26,27,28). The third kappa shape index (κ3) is 6.23. The summed E-state index contributed by atoms with van der Waals surface area (Å²) in [5.74, 6) is 2.70. The van der Waals surface area contributed by atoms with Crippen molar-refractivity contribution in [2.75, 3.05) is 19.0 Å². The molecule has 0 aliphatic heterocycles. The fourth-order valence-corrected chi connectivity index (χ4v) is 3.54. The van der Waals surface area contributed by atoms with E-state index in [0.717, 1.165) is 60.3 Å². The number of amides is 1. The highest BCUT2D eigenvalue weighted by Crippen LogP contribution is 2.30. The van der Waals surface area contributed by atoms with Crippen LogP contribution in [-0.4, -0.2) is 25.5 Å². The molecule has 0 unspecified atom stereocenters. The van der Waals surface area contributed by atoms with Gasteiger partial charge < -0.3 is 20.7 Å². The van der Waals surface area contributed by atoms with Gasteiger partial charge in [-0.15, -0.1) is 0 Å². The number of hydrogen-bond acceptors (Lipinski definition) is 3. The number of nitrogens with one attached hydrogen (secondary N) is 3. The van der Waals surface area contributed by atoms with Crippen LogP contribution in [0.25, 0.3) is 0 Å². The number of carbonyl (C=O) groups is 1. The number of ether oxygens (including phenoxy) is 1. The van der Waals surface area contributed by atoms with Crippen LogP contribution in [0.5, 0.6) is 5.75 Å². The summed E-state index contributed by atoms with van der Waals surface area (Å²) in [6, 6.07) is 16.1. The van der Waals surface area contributed by atoms with Gasteiger partial charge in [0.05, 0.1) is 6.61 Å². The highest BCUT2D eigenvalue weighted by molar-refractivity contribution is 5.93. The van der Waals surface area contributed by atoms with E-state index in [0.29, 0.717) is 13.1 Å². The first-order chi connectivity index (χ1) is 15.2. The summed E-state index contributed by atoms with van der Waals surface area (Å²) in [6.07, 6.45) is 5.73. The summed E-state index contributed by atoms with van der Waals surface area (Å²) in [6.45, 7) is 2.06. The Hall–Kier alpha value is -3.02. The normalized spacial score (nSPS) is 16.4. The first-order valence-electron chi connectivity index (χ1n) is 11.3. The van der Waals surface area contributed by atoms with E-state index in [-0.39, 0.29) is 11.8 Å². The van der Waals surface area contributed by atoms with Crippen molar-refractivity contribution >= 4 is 17.6 Å². The maximum absolute atomic E-state index is 12.2. The number of carbonyl (C=O) groups excluding carboxylic acids is 1. The lowest BCUT2D eigenvalue weighted by atomic mass is 9.85. The van der Waals surface area contributed by atoms with Crippen LogP contribution >= 0.6 is 0 Å². The number of para-hydroxylation sites is 1. The fraction of sp³-hybridized carbons (Fsp3) is 0.440. The minimum Gasteiger partial charge on any atom is -0.493 e. The molecule has 31 heavy (non-hydrogen) atoms. The zero-order chi connectivity index (χ0) is 21.5. The molecular weight excluding hydrogens is 388 g/mol. The predicted octanol–water partition coefficient (Wildman–Crippen LogP) is 4.08. The van der Waals surface area contributed by atoms with Crippen molar-refractivity contribution in [2.24, 2.45) is 16.8 Å². The molecule has 0 heterocycles.